The van der Waals surface area contributed by atoms with Crippen LogP contribution in [-0.2, 0) is 16.3 Å². The SMILES string of the molecule is C[Si](C)(C)CCOCn1c(-c2ccccc2)c(C=CC(=O)O)c2cccnc21. The van der Waals surface area contributed by atoms with E-state index in [1.54, 1.807) is 12.3 Å². The summed E-state index contributed by atoms with van der Waals surface area (Å²) in [6, 6.07) is 14.9. The summed E-state index contributed by atoms with van der Waals surface area (Å²) in [4.78, 5) is 15.7. The third kappa shape index (κ3) is 4.77. The molecule has 5 nitrogen and oxygen atoms in total. The quantitative estimate of drug-likeness (QED) is 0.327. The van der Waals surface area contributed by atoms with Crippen molar-refractivity contribution in [1.29, 1.82) is 0 Å². The van der Waals surface area contributed by atoms with Crippen LogP contribution in [0.15, 0.2) is 54.7 Å². The first-order valence-corrected chi connectivity index (χ1v) is 13.1. The second kappa shape index (κ2) is 8.54. The highest BCUT2D eigenvalue weighted by molar-refractivity contribution is 6.76. The van der Waals surface area contributed by atoms with Crippen LogP contribution in [0.5, 0.6) is 0 Å². The molecule has 0 spiro atoms. The van der Waals surface area contributed by atoms with Gasteiger partial charge in [0.05, 0.1) is 5.69 Å². The molecule has 3 rings (SSSR count). The number of nitrogens with zero attached hydrogens (tertiary/aromatic N) is 2. The molecule has 2 heterocycles. The summed E-state index contributed by atoms with van der Waals surface area (Å²) < 4.78 is 8.06. The number of benzene rings is 1. The molecule has 3 aromatic rings. The molecule has 2 aromatic heterocycles. The molecule has 0 bridgehead atoms. The van der Waals surface area contributed by atoms with Crippen molar-refractivity contribution in [1.82, 2.24) is 9.55 Å². The first-order valence-electron chi connectivity index (χ1n) is 9.38. The smallest absolute Gasteiger partial charge is 0.328 e. The van der Waals surface area contributed by atoms with Gasteiger partial charge < -0.3 is 14.4 Å². The van der Waals surface area contributed by atoms with Crippen LogP contribution in [0.1, 0.15) is 5.56 Å². The number of hydrogen-bond acceptors (Lipinski definition) is 3. The Labute approximate surface area is 166 Å². The van der Waals surface area contributed by atoms with Crippen molar-refractivity contribution in [3.05, 3.63) is 60.3 Å². The summed E-state index contributed by atoms with van der Waals surface area (Å²) in [5, 5.41) is 10.0. The van der Waals surface area contributed by atoms with E-state index in [2.05, 4.69) is 24.6 Å². The Kier molecular flexibility index (Phi) is 6.11. The van der Waals surface area contributed by atoms with E-state index in [1.165, 1.54) is 6.08 Å². The van der Waals surface area contributed by atoms with Gasteiger partial charge in [0, 0.05) is 37.9 Å². The summed E-state index contributed by atoms with van der Waals surface area (Å²) in [7, 11) is -1.17. The summed E-state index contributed by atoms with van der Waals surface area (Å²) in [6.07, 6.45) is 4.57. The summed E-state index contributed by atoms with van der Waals surface area (Å²) in [5.41, 5.74) is 3.55. The van der Waals surface area contributed by atoms with Crippen LogP contribution in [0.3, 0.4) is 0 Å². The lowest BCUT2D eigenvalue weighted by molar-refractivity contribution is -0.131. The summed E-state index contributed by atoms with van der Waals surface area (Å²) in [5.74, 6) is -0.977. The number of carbonyl (C=O) groups is 1. The number of fused-ring (bicyclic) bond motifs is 1. The second-order valence-electron chi connectivity index (χ2n) is 7.95. The van der Waals surface area contributed by atoms with Crippen molar-refractivity contribution in [2.24, 2.45) is 0 Å². The molecule has 0 saturated heterocycles. The molecule has 28 heavy (non-hydrogen) atoms. The number of carboxylic acids is 1. The number of carboxylic acid groups (broad SMARTS) is 1. The molecule has 0 aliphatic heterocycles. The van der Waals surface area contributed by atoms with Crippen molar-refractivity contribution in [3.63, 3.8) is 0 Å². The Hall–Kier alpha value is -2.70. The molecule has 1 N–H and O–H groups in total. The maximum atomic E-state index is 11.1. The summed E-state index contributed by atoms with van der Waals surface area (Å²) >= 11 is 0. The number of hydrogen-bond donors (Lipinski definition) is 1. The van der Waals surface area contributed by atoms with Gasteiger partial charge in [-0.05, 0) is 29.8 Å². The largest absolute Gasteiger partial charge is 0.478 e. The number of pyridine rings is 1. The van der Waals surface area contributed by atoms with Gasteiger partial charge in [0.15, 0.2) is 0 Å². The van der Waals surface area contributed by atoms with Crippen molar-refractivity contribution in [2.75, 3.05) is 6.61 Å². The zero-order chi connectivity index (χ0) is 20.1. The minimum Gasteiger partial charge on any atom is -0.478 e. The van der Waals surface area contributed by atoms with Gasteiger partial charge in [0.25, 0.3) is 0 Å². The fourth-order valence-corrected chi connectivity index (χ4v) is 3.85. The van der Waals surface area contributed by atoms with Crippen LogP contribution in [0, 0.1) is 0 Å². The predicted molar refractivity (Wildman–Crippen MR) is 116 cm³/mol. The van der Waals surface area contributed by atoms with Gasteiger partial charge in [-0.3, -0.25) is 0 Å². The van der Waals surface area contributed by atoms with Gasteiger partial charge in [-0.1, -0.05) is 50.0 Å². The second-order valence-corrected chi connectivity index (χ2v) is 13.6. The lowest BCUT2D eigenvalue weighted by atomic mass is 10.1. The maximum absolute atomic E-state index is 11.1. The van der Waals surface area contributed by atoms with E-state index in [1.807, 2.05) is 47.0 Å². The average molecular weight is 395 g/mol. The Morgan fingerprint density at radius 1 is 1.18 bits per heavy atom. The van der Waals surface area contributed by atoms with Crippen LogP contribution < -0.4 is 0 Å². The molecule has 0 fully saturated rings. The molecule has 0 amide bonds. The first-order chi connectivity index (χ1) is 13.4. The van der Waals surface area contributed by atoms with Crippen LogP contribution in [0.4, 0.5) is 0 Å². The topological polar surface area (TPSA) is 64.3 Å². The van der Waals surface area contributed by atoms with Gasteiger partial charge in [-0.25, -0.2) is 9.78 Å². The van der Waals surface area contributed by atoms with Gasteiger partial charge >= 0.3 is 5.97 Å². The van der Waals surface area contributed by atoms with Gasteiger partial charge in [0.1, 0.15) is 12.4 Å². The summed E-state index contributed by atoms with van der Waals surface area (Å²) in [6.45, 7) is 8.06. The van der Waals surface area contributed by atoms with E-state index < -0.39 is 14.0 Å². The van der Waals surface area contributed by atoms with E-state index in [9.17, 15) is 4.79 Å². The fourth-order valence-electron chi connectivity index (χ4n) is 3.09. The lowest BCUT2D eigenvalue weighted by Crippen LogP contribution is -2.22. The highest BCUT2D eigenvalue weighted by Crippen LogP contribution is 2.34. The molecule has 1 aromatic carbocycles. The minimum absolute atomic E-state index is 0.378. The van der Waals surface area contributed by atoms with Crippen molar-refractivity contribution in [2.45, 2.75) is 32.4 Å². The third-order valence-corrected chi connectivity index (χ3v) is 6.22. The number of rotatable bonds is 8. The third-order valence-electron chi connectivity index (χ3n) is 4.51. The fraction of sp³-hybridized carbons (Fsp3) is 0.273. The molecule has 146 valence electrons. The molecule has 0 unspecified atom stereocenters. The van der Waals surface area contributed by atoms with Crippen molar-refractivity contribution in [3.8, 4) is 11.3 Å². The number of aliphatic carboxylic acids is 1. The van der Waals surface area contributed by atoms with E-state index >= 15 is 0 Å². The van der Waals surface area contributed by atoms with E-state index in [-0.39, 0.29) is 0 Å². The number of aromatic nitrogens is 2. The standard InChI is InChI=1S/C22H26N2O3Si/c1-28(2,3)15-14-27-16-24-21(17-8-5-4-6-9-17)18(11-12-20(25)26)19-10-7-13-23-22(19)24/h4-13H,14-16H2,1-3H3,(H,25,26). The Balaban J connectivity index is 2.08. The first kappa shape index (κ1) is 20.0. The molecule has 0 atom stereocenters. The van der Waals surface area contributed by atoms with E-state index in [0.29, 0.717) is 13.3 Å². The molecule has 6 heteroatoms. The molecular formula is C22H26N2O3Si. The van der Waals surface area contributed by atoms with Gasteiger partial charge in [-0.2, -0.15) is 0 Å². The molecule has 0 radical (unpaired) electrons. The predicted octanol–water partition coefficient (Wildman–Crippen LogP) is 5.11. The monoisotopic (exact) mass is 394 g/mol. The molecule has 0 aliphatic rings. The Morgan fingerprint density at radius 3 is 2.61 bits per heavy atom. The zero-order valence-electron chi connectivity index (χ0n) is 16.6. The van der Waals surface area contributed by atoms with Crippen LogP contribution in [0.2, 0.25) is 25.7 Å². The van der Waals surface area contributed by atoms with Crippen molar-refractivity contribution < 1.29 is 14.6 Å². The molecule has 0 saturated carbocycles. The van der Waals surface area contributed by atoms with Gasteiger partial charge in [0.2, 0.25) is 0 Å². The van der Waals surface area contributed by atoms with Crippen LogP contribution >= 0.6 is 0 Å². The normalized spacial score (nSPS) is 12.1. The highest BCUT2D eigenvalue weighted by atomic mass is 28.3. The highest BCUT2D eigenvalue weighted by Gasteiger charge is 2.19. The minimum atomic E-state index is -1.17. The number of ether oxygens (including phenoxy) is 1. The van der Waals surface area contributed by atoms with Crippen molar-refractivity contribution >= 4 is 31.2 Å². The van der Waals surface area contributed by atoms with E-state index in [0.717, 1.165) is 33.9 Å². The Bertz CT molecular complexity index is 988. The molecular weight excluding hydrogens is 368 g/mol. The average Bonchev–Trinajstić information content (AvgIpc) is 2.97. The van der Waals surface area contributed by atoms with Crippen LogP contribution in [-0.4, -0.2) is 35.3 Å². The van der Waals surface area contributed by atoms with Gasteiger partial charge in [-0.15, -0.1) is 0 Å². The van der Waals surface area contributed by atoms with E-state index in [4.69, 9.17) is 9.84 Å². The maximum Gasteiger partial charge on any atom is 0.328 e. The Morgan fingerprint density at radius 2 is 1.93 bits per heavy atom. The molecule has 0 aliphatic carbocycles. The van der Waals surface area contributed by atoms with Crippen LogP contribution in [0.25, 0.3) is 28.4 Å². The zero-order valence-corrected chi connectivity index (χ0v) is 17.6. The lowest BCUT2D eigenvalue weighted by Gasteiger charge is -2.17.